The van der Waals surface area contributed by atoms with Gasteiger partial charge in [0.15, 0.2) is 0 Å². The molecule has 0 aliphatic carbocycles. The second-order valence-electron chi connectivity index (χ2n) is 1.55. The van der Waals surface area contributed by atoms with Crippen LogP contribution in [0, 0.1) is 0 Å². The summed E-state index contributed by atoms with van der Waals surface area (Å²) in [6, 6.07) is 0. The average Bonchev–Trinajstić information content (AvgIpc) is 1.97. The van der Waals surface area contributed by atoms with Crippen LogP contribution in [0.3, 0.4) is 0 Å². The minimum Gasteiger partial charge on any atom is -0.303 e. The molecule has 0 aromatic rings. The monoisotopic (exact) mass is 146 g/mol. The molecule has 0 radical (unpaired) electrons. The van der Waals surface area contributed by atoms with Crippen molar-refractivity contribution in [3.8, 4) is 0 Å². The highest BCUT2D eigenvalue weighted by Crippen LogP contribution is 1.82. The minimum atomic E-state index is 0.252. The Kier molecular flexibility index (Phi) is 7.65. The highest BCUT2D eigenvalue weighted by molar-refractivity contribution is 5.49. The van der Waals surface area contributed by atoms with Gasteiger partial charge in [0.05, 0.1) is 13.2 Å². The van der Waals surface area contributed by atoms with Gasteiger partial charge in [-0.25, -0.2) is 9.78 Å². The maximum Gasteiger partial charge on any atom is 0.122 e. The summed E-state index contributed by atoms with van der Waals surface area (Å²) >= 11 is 0. The predicted molar refractivity (Wildman–Crippen MR) is 33.3 cm³/mol. The number of carbonyl (C=O) groups is 2. The number of hydrogen-bond donors (Lipinski definition) is 0. The molecule has 58 valence electrons. The van der Waals surface area contributed by atoms with Crippen molar-refractivity contribution in [2.24, 2.45) is 0 Å². The molecule has 0 aliphatic heterocycles. The second-order valence-corrected chi connectivity index (χ2v) is 1.55. The lowest BCUT2D eigenvalue weighted by molar-refractivity contribution is -0.292. The molecule has 0 atom stereocenters. The van der Waals surface area contributed by atoms with Crippen molar-refractivity contribution in [2.45, 2.75) is 12.8 Å². The van der Waals surface area contributed by atoms with Crippen LogP contribution in [-0.2, 0) is 19.4 Å². The minimum absolute atomic E-state index is 0.252. The molecule has 0 amide bonds. The first-order valence-corrected chi connectivity index (χ1v) is 3.03. The first kappa shape index (κ1) is 9.26. The fraction of sp³-hybridized carbons (Fsp3) is 0.667. The zero-order valence-corrected chi connectivity index (χ0v) is 5.62. The van der Waals surface area contributed by atoms with Crippen LogP contribution in [-0.4, -0.2) is 25.8 Å². The van der Waals surface area contributed by atoms with Crippen LogP contribution in [0.4, 0.5) is 0 Å². The summed E-state index contributed by atoms with van der Waals surface area (Å²) < 4.78 is 0. The average molecular weight is 146 g/mol. The largest absolute Gasteiger partial charge is 0.303 e. The molecule has 0 bridgehead atoms. The quantitative estimate of drug-likeness (QED) is 0.221. The Morgan fingerprint density at radius 3 is 1.60 bits per heavy atom. The lowest BCUT2D eigenvalue weighted by Gasteiger charge is -1.97. The van der Waals surface area contributed by atoms with E-state index in [-0.39, 0.29) is 13.2 Å². The lowest BCUT2D eigenvalue weighted by Crippen LogP contribution is -1.99. The van der Waals surface area contributed by atoms with E-state index in [1.165, 1.54) is 0 Å². The van der Waals surface area contributed by atoms with Gasteiger partial charge in [0, 0.05) is 12.8 Å². The van der Waals surface area contributed by atoms with E-state index in [9.17, 15) is 9.59 Å². The molecule has 0 aromatic carbocycles. The maximum absolute atomic E-state index is 9.70. The molecule has 0 aromatic heterocycles. The molecule has 0 spiro atoms. The van der Waals surface area contributed by atoms with Gasteiger partial charge in [-0.1, -0.05) is 0 Å². The predicted octanol–water partition coefficient (Wildman–Crippen LogP) is 0.113. The summed E-state index contributed by atoms with van der Waals surface area (Å²) in [5.74, 6) is 0. The third kappa shape index (κ3) is 7.26. The number of hydrogen-bond acceptors (Lipinski definition) is 4. The van der Waals surface area contributed by atoms with E-state index in [1.807, 2.05) is 0 Å². The zero-order chi connectivity index (χ0) is 7.66. The third-order valence-electron chi connectivity index (χ3n) is 0.721. The second kappa shape index (κ2) is 8.26. The first-order valence-electron chi connectivity index (χ1n) is 3.03. The van der Waals surface area contributed by atoms with Crippen LogP contribution in [0.25, 0.3) is 0 Å². The normalized spacial score (nSPS) is 9.20. The van der Waals surface area contributed by atoms with Crippen molar-refractivity contribution in [1.82, 2.24) is 0 Å². The number of rotatable bonds is 7. The van der Waals surface area contributed by atoms with Gasteiger partial charge in [-0.05, 0) is 0 Å². The topological polar surface area (TPSA) is 52.6 Å². The maximum atomic E-state index is 9.70. The summed E-state index contributed by atoms with van der Waals surface area (Å²) in [7, 11) is 0. The van der Waals surface area contributed by atoms with Crippen molar-refractivity contribution in [2.75, 3.05) is 13.2 Å². The summed E-state index contributed by atoms with van der Waals surface area (Å²) in [5, 5.41) is 0. The van der Waals surface area contributed by atoms with E-state index >= 15 is 0 Å². The van der Waals surface area contributed by atoms with E-state index in [0.29, 0.717) is 12.8 Å². The van der Waals surface area contributed by atoms with Gasteiger partial charge in [0.1, 0.15) is 12.6 Å². The summed E-state index contributed by atoms with van der Waals surface area (Å²) in [6.07, 6.45) is 2.12. The van der Waals surface area contributed by atoms with E-state index < -0.39 is 0 Å². The molecular weight excluding hydrogens is 136 g/mol. The highest BCUT2D eigenvalue weighted by Gasteiger charge is 1.86. The summed E-state index contributed by atoms with van der Waals surface area (Å²) in [5.41, 5.74) is 0. The smallest absolute Gasteiger partial charge is 0.122 e. The van der Waals surface area contributed by atoms with E-state index in [1.54, 1.807) is 0 Å². The standard InChI is InChI=1S/C6H10O4/c7-3-1-5-9-10-6-2-4-8/h3-4H,1-2,5-6H2. The molecule has 0 fully saturated rings. The number of carbonyl (C=O) groups excluding carboxylic acids is 2. The van der Waals surface area contributed by atoms with Gasteiger partial charge < -0.3 is 9.59 Å². The van der Waals surface area contributed by atoms with Crippen LogP contribution in [0.2, 0.25) is 0 Å². The van der Waals surface area contributed by atoms with Gasteiger partial charge in [0.2, 0.25) is 0 Å². The van der Waals surface area contributed by atoms with Crippen LogP contribution in [0.5, 0.6) is 0 Å². The third-order valence-corrected chi connectivity index (χ3v) is 0.721. The van der Waals surface area contributed by atoms with Crippen LogP contribution in [0.15, 0.2) is 0 Å². The SMILES string of the molecule is O=CCCOOCCC=O. The van der Waals surface area contributed by atoms with Gasteiger partial charge in [-0.2, -0.15) is 0 Å². The molecule has 4 nitrogen and oxygen atoms in total. The molecule has 0 aliphatic rings. The van der Waals surface area contributed by atoms with Gasteiger partial charge >= 0.3 is 0 Å². The Bertz CT molecular complexity index is 79.7. The van der Waals surface area contributed by atoms with Crippen LogP contribution < -0.4 is 0 Å². The van der Waals surface area contributed by atoms with Crippen molar-refractivity contribution in [1.29, 1.82) is 0 Å². The molecule has 10 heavy (non-hydrogen) atoms. The Hall–Kier alpha value is -0.740. The van der Waals surface area contributed by atoms with Crippen LogP contribution >= 0.6 is 0 Å². The Morgan fingerprint density at radius 2 is 1.30 bits per heavy atom. The first-order chi connectivity index (χ1) is 4.91. The molecule has 0 unspecified atom stereocenters. The Morgan fingerprint density at radius 1 is 0.900 bits per heavy atom. The van der Waals surface area contributed by atoms with Crippen LogP contribution in [0.1, 0.15) is 12.8 Å². The Labute approximate surface area is 59.0 Å². The van der Waals surface area contributed by atoms with E-state index in [2.05, 4.69) is 9.78 Å². The van der Waals surface area contributed by atoms with Gasteiger partial charge in [0.25, 0.3) is 0 Å². The van der Waals surface area contributed by atoms with E-state index in [4.69, 9.17) is 0 Å². The van der Waals surface area contributed by atoms with Gasteiger partial charge in [-0.3, -0.25) is 0 Å². The van der Waals surface area contributed by atoms with Crippen molar-refractivity contribution in [3.05, 3.63) is 0 Å². The van der Waals surface area contributed by atoms with Crippen molar-refractivity contribution >= 4 is 12.6 Å². The molecule has 0 saturated carbocycles. The molecule has 0 heterocycles. The molecular formula is C6H10O4. The fourth-order valence-corrected chi connectivity index (χ4v) is 0.310. The Balaban J connectivity index is 2.76. The van der Waals surface area contributed by atoms with Gasteiger partial charge in [-0.15, -0.1) is 0 Å². The molecule has 0 N–H and O–H groups in total. The van der Waals surface area contributed by atoms with Crippen molar-refractivity contribution < 1.29 is 19.4 Å². The van der Waals surface area contributed by atoms with E-state index in [0.717, 1.165) is 12.6 Å². The summed E-state index contributed by atoms with van der Waals surface area (Å²) in [4.78, 5) is 28.4. The fourth-order valence-electron chi connectivity index (χ4n) is 0.310. The highest BCUT2D eigenvalue weighted by atomic mass is 17.2. The lowest BCUT2D eigenvalue weighted by atomic mass is 10.5. The molecule has 0 rings (SSSR count). The molecule has 4 heteroatoms. The number of aldehydes is 2. The summed E-state index contributed by atoms with van der Waals surface area (Å²) in [6.45, 7) is 0.505. The zero-order valence-electron chi connectivity index (χ0n) is 5.62. The molecule has 0 saturated heterocycles. The van der Waals surface area contributed by atoms with Crippen molar-refractivity contribution in [3.63, 3.8) is 0 Å².